The van der Waals surface area contributed by atoms with Gasteiger partial charge >= 0.3 is 0 Å². The van der Waals surface area contributed by atoms with Crippen molar-refractivity contribution in [2.24, 2.45) is 10.2 Å². The second-order valence-electron chi connectivity index (χ2n) is 5.87. The van der Waals surface area contributed by atoms with E-state index in [1.165, 1.54) is 36.4 Å². The molecule has 0 saturated heterocycles. The van der Waals surface area contributed by atoms with E-state index in [9.17, 15) is 23.1 Å². The van der Waals surface area contributed by atoms with Crippen LogP contribution < -0.4 is 32.4 Å². The van der Waals surface area contributed by atoms with Crippen molar-refractivity contribution in [3.05, 3.63) is 90.8 Å². The highest BCUT2D eigenvalue weighted by Gasteiger charge is 2.08. The molecule has 0 amide bonds. The third kappa shape index (κ3) is 4.89. The molecule has 0 spiro atoms. The summed E-state index contributed by atoms with van der Waals surface area (Å²) in [6.07, 6.45) is 0. The molecule has 154 valence electrons. The van der Waals surface area contributed by atoms with E-state index in [1.54, 1.807) is 0 Å². The fourth-order valence-corrected chi connectivity index (χ4v) is 2.92. The van der Waals surface area contributed by atoms with Gasteiger partial charge in [0.1, 0.15) is 11.1 Å². The van der Waals surface area contributed by atoms with Crippen molar-refractivity contribution in [2.75, 3.05) is 10.9 Å². The van der Waals surface area contributed by atoms with Gasteiger partial charge in [0.2, 0.25) is 10.9 Å². The normalized spacial score (nSPS) is 12.7. The molecule has 0 unspecified atom stereocenters. The second-order valence-corrected chi connectivity index (χ2v) is 7.73. The average molecular weight is 449 g/mol. The van der Waals surface area contributed by atoms with Gasteiger partial charge in [-0.1, -0.05) is 11.6 Å². The van der Waals surface area contributed by atoms with Crippen LogP contribution in [0.25, 0.3) is 0 Å². The number of hydrogen-bond donors (Lipinski definition) is 4. The summed E-state index contributed by atoms with van der Waals surface area (Å²) < 4.78 is 31.0. The maximum Gasteiger partial charge on any atom is 0.294 e. The van der Waals surface area contributed by atoms with E-state index in [-0.39, 0.29) is 27.4 Å². The summed E-state index contributed by atoms with van der Waals surface area (Å²) in [6, 6.07) is 11.4. The van der Waals surface area contributed by atoms with Crippen LogP contribution in [0.4, 0.5) is 11.4 Å². The Hall–Kier alpha value is -3.54. The topological polar surface area (TPSA) is 158 Å². The van der Waals surface area contributed by atoms with Crippen molar-refractivity contribution in [3.63, 3.8) is 0 Å². The lowest BCUT2D eigenvalue weighted by Gasteiger charge is -2.03. The first-order chi connectivity index (χ1) is 14.1. The van der Waals surface area contributed by atoms with Crippen LogP contribution in [0, 0.1) is 0 Å². The lowest BCUT2D eigenvalue weighted by atomic mass is 10.3. The molecule has 3 aromatic rings. The number of anilines is 2. The fourth-order valence-electron chi connectivity index (χ4n) is 2.28. The Morgan fingerprint density at radius 3 is 2.23 bits per heavy atom. The third-order valence-corrected chi connectivity index (χ3v) is 4.88. The van der Waals surface area contributed by atoms with E-state index < -0.39 is 26.3 Å². The monoisotopic (exact) mass is 448 g/mol. The van der Waals surface area contributed by atoms with Crippen molar-refractivity contribution < 1.29 is 18.1 Å². The maximum atomic E-state index is 12.5. The van der Waals surface area contributed by atoms with Gasteiger partial charge in [0, 0.05) is 11.1 Å². The smallest absolute Gasteiger partial charge is 0.294 e. The van der Waals surface area contributed by atoms with Gasteiger partial charge in [-0.15, -0.1) is 0 Å². The third-order valence-electron chi connectivity index (χ3n) is 3.78. The minimum absolute atomic E-state index is 0.133. The second kappa shape index (κ2) is 8.45. The van der Waals surface area contributed by atoms with Gasteiger partial charge in [0.25, 0.3) is 10.1 Å². The molecule has 3 aromatic carbocycles. The molecule has 0 heterocycles. The molecule has 0 aromatic heterocycles. The molecule has 0 radical (unpaired) electrons. The Morgan fingerprint density at radius 1 is 0.900 bits per heavy atom. The standard InChI is InChI=1S/C18H13ClN4O6S/c19-10-1-6-13(16(25)9-10)21-22-14-7-8-15(24)17(18(14)26)23-20-11-2-4-12(5-3-11)30(27,28)29/h1-9,20-21,25H,(H,27,28,29). The number of rotatable bonds is 5. The fraction of sp³-hybridized carbons (Fsp3) is 0. The minimum Gasteiger partial charge on any atom is -0.506 e. The van der Waals surface area contributed by atoms with Crippen LogP contribution in [0.3, 0.4) is 0 Å². The molecule has 30 heavy (non-hydrogen) atoms. The molecular weight excluding hydrogens is 436 g/mol. The van der Waals surface area contributed by atoms with E-state index in [2.05, 4.69) is 21.1 Å². The van der Waals surface area contributed by atoms with Crippen LogP contribution in [-0.2, 0) is 10.1 Å². The Labute approximate surface area is 173 Å². The SMILES string of the molecule is O=c1ccc(=NNc2ccc(Cl)cc2O)c(=O)c1=NNc1ccc(S(=O)(=O)O)cc1. The van der Waals surface area contributed by atoms with Crippen LogP contribution in [-0.4, -0.2) is 18.1 Å². The van der Waals surface area contributed by atoms with Crippen molar-refractivity contribution >= 4 is 33.1 Å². The van der Waals surface area contributed by atoms with E-state index in [4.69, 9.17) is 16.2 Å². The van der Waals surface area contributed by atoms with E-state index in [1.807, 2.05) is 0 Å². The first-order valence-electron chi connectivity index (χ1n) is 8.16. The van der Waals surface area contributed by atoms with Crippen molar-refractivity contribution in [1.29, 1.82) is 0 Å². The summed E-state index contributed by atoms with van der Waals surface area (Å²) in [4.78, 5) is 24.2. The molecule has 4 N–H and O–H groups in total. The molecule has 0 bridgehead atoms. The van der Waals surface area contributed by atoms with Gasteiger partial charge in [-0.25, -0.2) is 0 Å². The Kier molecular flexibility index (Phi) is 5.96. The highest BCUT2D eigenvalue weighted by molar-refractivity contribution is 7.85. The molecule has 0 aliphatic carbocycles. The maximum absolute atomic E-state index is 12.5. The van der Waals surface area contributed by atoms with Crippen molar-refractivity contribution in [3.8, 4) is 5.75 Å². The number of phenols is 1. The summed E-state index contributed by atoms with van der Waals surface area (Å²) in [5.41, 5.74) is 4.02. The molecule has 0 saturated carbocycles. The Balaban J connectivity index is 1.92. The zero-order valence-electron chi connectivity index (χ0n) is 14.9. The minimum atomic E-state index is -4.34. The zero-order chi connectivity index (χ0) is 21.9. The summed E-state index contributed by atoms with van der Waals surface area (Å²) >= 11 is 5.75. The summed E-state index contributed by atoms with van der Waals surface area (Å²) in [7, 11) is -4.34. The van der Waals surface area contributed by atoms with Gasteiger partial charge in [-0.05, 0) is 48.5 Å². The molecule has 0 atom stereocenters. The number of benzene rings is 3. The quantitative estimate of drug-likeness (QED) is 0.253. The van der Waals surface area contributed by atoms with Gasteiger partial charge in [-0.2, -0.15) is 18.6 Å². The van der Waals surface area contributed by atoms with Gasteiger partial charge < -0.3 is 5.11 Å². The van der Waals surface area contributed by atoms with Crippen LogP contribution >= 0.6 is 11.6 Å². The lowest BCUT2D eigenvalue weighted by Crippen LogP contribution is -2.47. The van der Waals surface area contributed by atoms with Crippen molar-refractivity contribution in [1.82, 2.24) is 0 Å². The van der Waals surface area contributed by atoms with Gasteiger partial charge in [-0.3, -0.25) is 25.0 Å². The molecular formula is C18H13ClN4O6S. The molecule has 10 nitrogen and oxygen atoms in total. The largest absolute Gasteiger partial charge is 0.506 e. The number of hydrogen-bond acceptors (Lipinski definition) is 9. The van der Waals surface area contributed by atoms with Gasteiger partial charge in [0.15, 0.2) is 5.36 Å². The Morgan fingerprint density at radius 2 is 1.60 bits per heavy atom. The number of halogens is 1. The summed E-state index contributed by atoms with van der Waals surface area (Å²) in [5.74, 6) is -0.181. The van der Waals surface area contributed by atoms with Crippen LogP contribution in [0.2, 0.25) is 5.02 Å². The number of phenolic OH excluding ortho intramolecular Hbond substituents is 1. The van der Waals surface area contributed by atoms with E-state index in [0.29, 0.717) is 5.02 Å². The van der Waals surface area contributed by atoms with E-state index >= 15 is 0 Å². The molecule has 0 aliphatic rings. The molecule has 12 heteroatoms. The van der Waals surface area contributed by atoms with Crippen molar-refractivity contribution in [2.45, 2.75) is 4.90 Å². The first-order valence-corrected chi connectivity index (χ1v) is 9.97. The molecule has 0 aliphatic heterocycles. The number of nitrogens with one attached hydrogen (secondary N) is 2. The zero-order valence-corrected chi connectivity index (χ0v) is 16.5. The predicted octanol–water partition coefficient (Wildman–Crippen LogP) is 0.744. The highest BCUT2D eigenvalue weighted by atomic mass is 35.5. The lowest BCUT2D eigenvalue weighted by molar-refractivity contribution is 0.477. The highest BCUT2D eigenvalue weighted by Crippen LogP contribution is 2.26. The predicted molar refractivity (Wildman–Crippen MR) is 109 cm³/mol. The van der Waals surface area contributed by atoms with Crippen LogP contribution in [0.1, 0.15) is 0 Å². The van der Waals surface area contributed by atoms with Crippen LogP contribution in [0.15, 0.2) is 79.3 Å². The number of nitrogens with zero attached hydrogens (tertiary/aromatic N) is 2. The van der Waals surface area contributed by atoms with Crippen LogP contribution in [0.5, 0.6) is 5.75 Å². The molecule has 3 rings (SSSR count). The summed E-state index contributed by atoms with van der Waals surface area (Å²) in [5, 5.41) is 17.2. The van der Waals surface area contributed by atoms with E-state index in [0.717, 1.165) is 18.2 Å². The Bertz CT molecular complexity index is 1430. The van der Waals surface area contributed by atoms with Gasteiger partial charge in [0.05, 0.1) is 16.3 Å². The summed E-state index contributed by atoms with van der Waals surface area (Å²) in [6.45, 7) is 0. The average Bonchev–Trinajstić information content (AvgIpc) is 2.68. The first kappa shape index (κ1) is 21.2. The molecule has 0 fully saturated rings. The number of aromatic hydroxyl groups is 1.